The van der Waals surface area contributed by atoms with Crippen LogP contribution < -0.4 is 10.1 Å². The molecule has 0 aliphatic carbocycles. The van der Waals surface area contributed by atoms with Crippen LogP contribution in [0.2, 0.25) is 0 Å². The third-order valence-electron chi connectivity index (χ3n) is 7.13. The van der Waals surface area contributed by atoms with Crippen molar-refractivity contribution in [2.45, 2.75) is 64.0 Å². The number of nitrogens with one attached hydrogen (secondary N) is 1. The summed E-state index contributed by atoms with van der Waals surface area (Å²) in [6.45, 7) is 5.68. The van der Waals surface area contributed by atoms with Crippen molar-refractivity contribution in [3.63, 3.8) is 0 Å². The highest BCUT2D eigenvalue weighted by Crippen LogP contribution is 2.43. The Hall–Kier alpha value is -1.75. The maximum Gasteiger partial charge on any atom is 0.322 e. The number of rotatable bonds is 5. The van der Waals surface area contributed by atoms with Gasteiger partial charge < -0.3 is 15.0 Å². The maximum atomic E-state index is 13.3. The van der Waals surface area contributed by atoms with Crippen LogP contribution in [0.1, 0.15) is 51.9 Å². The van der Waals surface area contributed by atoms with E-state index >= 15 is 0 Å². The number of unbranched alkanes of at least 4 members (excludes halogenated alkanes) is 1. The monoisotopic (exact) mass is 385 g/mol. The van der Waals surface area contributed by atoms with Gasteiger partial charge in [-0.15, -0.1) is 0 Å². The predicted octanol–water partition coefficient (Wildman–Crippen LogP) is 4.59. The summed E-state index contributed by atoms with van der Waals surface area (Å²) < 4.78 is 5.23. The van der Waals surface area contributed by atoms with Crippen LogP contribution in [0.3, 0.4) is 0 Å². The number of carbonyl (C=O) groups excluding carboxylic acids is 1. The Morgan fingerprint density at radius 2 is 1.93 bits per heavy atom. The number of anilines is 1. The lowest BCUT2D eigenvalue weighted by atomic mass is 9.69. The summed E-state index contributed by atoms with van der Waals surface area (Å²) in [6, 6.07) is 8.80. The van der Waals surface area contributed by atoms with Crippen molar-refractivity contribution in [2.75, 3.05) is 32.1 Å². The van der Waals surface area contributed by atoms with Crippen LogP contribution >= 0.6 is 0 Å². The zero-order chi connectivity index (χ0) is 19.5. The second-order valence-corrected chi connectivity index (χ2v) is 8.76. The number of ether oxygens (including phenoxy) is 1. The summed E-state index contributed by atoms with van der Waals surface area (Å²) in [5.74, 6) is 2.09. The van der Waals surface area contributed by atoms with E-state index in [0.717, 1.165) is 24.4 Å². The van der Waals surface area contributed by atoms with Crippen molar-refractivity contribution >= 4 is 11.7 Å². The standard InChI is InChI=1S/C23H35N3O2/c1-3-4-9-21-20-8-6-15-25-14-5-7-17(22(20)25)16-26(21)23(27)24-18-10-12-19(28-2)13-11-18/h10-13,17,20-22H,3-9,14-16H2,1-2H3,(H,24,27)/t17-,20+,21+,22-/m0/s1. The highest BCUT2D eigenvalue weighted by Gasteiger charge is 2.49. The molecule has 3 fully saturated rings. The van der Waals surface area contributed by atoms with Crippen LogP contribution in [0.5, 0.6) is 5.75 Å². The van der Waals surface area contributed by atoms with Crippen LogP contribution in [0.4, 0.5) is 10.5 Å². The van der Waals surface area contributed by atoms with Gasteiger partial charge >= 0.3 is 6.03 Å². The number of nitrogens with zero attached hydrogens (tertiary/aromatic N) is 2. The molecule has 0 spiro atoms. The quantitative estimate of drug-likeness (QED) is 0.806. The fraction of sp³-hybridized carbons (Fsp3) is 0.696. The summed E-state index contributed by atoms with van der Waals surface area (Å²) in [7, 11) is 1.66. The number of hydrogen-bond acceptors (Lipinski definition) is 3. The fourth-order valence-electron chi connectivity index (χ4n) is 5.88. The molecule has 3 saturated heterocycles. The van der Waals surface area contributed by atoms with Crippen LogP contribution in [-0.2, 0) is 0 Å². The molecule has 4 rings (SSSR count). The van der Waals surface area contributed by atoms with Crippen LogP contribution in [0, 0.1) is 11.8 Å². The Bertz CT molecular complexity index is 660. The molecule has 4 atom stereocenters. The van der Waals surface area contributed by atoms with E-state index in [1.807, 2.05) is 24.3 Å². The van der Waals surface area contributed by atoms with Gasteiger partial charge in [-0.1, -0.05) is 19.8 Å². The molecule has 3 heterocycles. The largest absolute Gasteiger partial charge is 0.497 e. The molecular formula is C23H35N3O2. The van der Waals surface area contributed by atoms with Gasteiger partial charge in [0.25, 0.3) is 0 Å². The van der Waals surface area contributed by atoms with Crippen molar-refractivity contribution in [2.24, 2.45) is 11.8 Å². The van der Waals surface area contributed by atoms with Gasteiger partial charge in [-0.05, 0) is 81.3 Å². The van der Waals surface area contributed by atoms with E-state index in [2.05, 4.69) is 22.0 Å². The Balaban J connectivity index is 1.53. The average molecular weight is 386 g/mol. The zero-order valence-electron chi connectivity index (χ0n) is 17.4. The smallest absolute Gasteiger partial charge is 0.322 e. The van der Waals surface area contributed by atoms with E-state index in [-0.39, 0.29) is 6.03 Å². The molecule has 28 heavy (non-hydrogen) atoms. The molecule has 5 heteroatoms. The number of likely N-dealkylation sites (tertiary alicyclic amines) is 1. The summed E-state index contributed by atoms with van der Waals surface area (Å²) >= 11 is 0. The topological polar surface area (TPSA) is 44.8 Å². The molecule has 0 bridgehead atoms. The van der Waals surface area contributed by atoms with Crippen molar-refractivity contribution in [3.8, 4) is 5.75 Å². The van der Waals surface area contributed by atoms with Crippen LogP contribution in [0.15, 0.2) is 24.3 Å². The van der Waals surface area contributed by atoms with Crippen molar-refractivity contribution in [1.29, 1.82) is 0 Å². The molecule has 1 aromatic rings. The van der Waals surface area contributed by atoms with Gasteiger partial charge in [-0.25, -0.2) is 4.79 Å². The molecule has 0 aromatic heterocycles. The van der Waals surface area contributed by atoms with Gasteiger partial charge in [0.2, 0.25) is 0 Å². The zero-order valence-corrected chi connectivity index (χ0v) is 17.4. The third-order valence-corrected chi connectivity index (χ3v) is 7.13. The molecule has 0 radical (unpaired) electrons. The lowest BCUT2D eigenvalue weighted by Crippen LogP contribution is -2.66. The molecule has 1 aromatic carbocycles. The van der Waals surface area contributed by atoms with Crippen LogP contribution in [0.25, 0.3) is 0 Å². The van der Waals surface area contributed by atoms with Crippen molar-refractivity contribution < 1.29 is 9.53 Å². The van der Waals surface area contributed by atoms with Gasteiger partial charge in [0, 0.05) is 24.3 Å². The molecule has 0 saturated carbocycles. The third kappa shape index (κ3) is 3.86. The van der Waals surface area contributed by atoms with Crippen molar-refractivity contribution in [1.82, 2.24) is 9.80 Å². The molecule has 3 aliphatic rings. The second kappa shape index (κ2) is 8.73. The summed E-state index contributed by atoms with van der Waals surface area (Å²) in [5, 5.41) is 3.16. The highest BCUT2D eigenvalue weighted by molar-refractivity contribution is 5.89. The lowest BCUT2D eigenvalue weighted by molar-refractivity contribution is -0.0617. The molecule has 154 valence electrons. The second-order valence-electron chi connectivity index (χ2n) is 8.76. The van der Waals surface area contributed by atoms with Crippen molar-refractivity contribution in [3.05, 3.63) is 24.3 Å². The molecule has 2 amide bonds. The van der Waals surface area contributed by atoms with E-state index in [0.29, 0.717) is 23.9 Å². The first-order chi connectivity index (χ1) is 13.7. The number of hydrogen-bond donors (Lipinski definition) is 1. The van der Waals surface area contributed by atoms with E-state index < -0.39 is 0 Å². The normalized spacial score (nSPS) is 29.9. The van der Waals surface area contributed by atoms with Gasteiger partial charge in [0.05, 0.1) is 7.11 Å². The first-order valence-electron chi connectivity index (χ1n) is 11.2. The minimum atomic E-state index is 0.0763. The Kier molecular flexibility index (Phi) is 6.10. The lowest BCUT2D eigenvalue weighted by Gasteiger charge is -2.57. The van der Waals surface area contributed by atoms with E-state index in [1.54, 1.807) is 7.11 Å². The summed E-state index contributed by atoms with van der Waals surface area (Å²) in [4.78, 5) is 18.2. The minimum Gasteiger partial charge on any atom is -0.497 e. The molecule has 5 nitrogen and oxygen atoms in total. The van der Waals surface area contributed by atoms with Gasteiger partial charge in [-0.3, -0.25) is 4.90 Å². The maximum absolute atomic E-state index is 13.3. The number of piperidine rings is 3. The van der Waals surface area contributed by atoms with Gasteiger partial charge in [0.1, 0.15) is 5.75 Å². The number of amides is 2. The first-order valence-corrected chi connectivity index (χ1v) is 11.2. The highest BCUT2D eigenvalue weighted by atomic mass is 16.5. The number of methoxy groups -OCH3 is 1. The first kappa shape index (κ1) is 19.6. The Morgan fingerprint density at radius 3 is 2.64 bits per heavy atom. The summed E-state index contributed by atoms with van der Waals surface area (Å²) in [6.07, 6.45) is 8.63. The number of urea groups is 1. The van der Waals surface area contributed by atoms with E-state index in [9.17, 15) is 4.79 Å². The SMILES string of the molecule is CCCC[C@@H]1[C@H]2CCCN3CCC[C@@H](CN1C(=O)Nc1ccc(OC)cc1)[C@@H]23. The predicted molar refractivity (Wildman–Crippen MR) is 113 cm³/mol. The fourth-order valence-corrected chi connectivity index (χ4v) is 5.88. The van der Waals surface area contributed by atoms with Crippen LogP contribution in [-0.4, -0.2) is 54.7 Å². The molecule has 3 aliphatic heterocycles. The molecule has 1 N–H and O–H groups in total. The minimum absolute atomic E-state index is 0.0763. The van der Waals surface area contributed by atoms with Gasteiger partial charge in [0.15, 0.2) is 0 Å². The molecular weight excluding hydrogens is 350 g/mol. The van der Waals surface area contributed by atoms with E-state index in [1.165, 1.54) is 51.6 Å². The number of benzene rings is 1. The average Bonchev–Trinajstić information content (AvgIpc) is 2.73. The van der Waals surface area contributed by atoms with E-state index in [4.69, 9.17) is 4.74 Å². The Morgan fingerprint density at radius 1 is 1.18 bits per heavy atom. The van der Waals surface area contributed by atoms with Gasteiger partial charge in [-0.2, -0.15) is 0 Å². The summed E-state index contributed by atoms with van der Waals surface area (Å²) in [5.41, 5.74) is 0.844. The number of carbonyl (C=O) groups is 1. The Labute approximate surface area is 169 Å². The molecule has 0 unspecified atom stereocenters.